The number of hydrogen-bond acceptors (Lipinski definition) is 4. The summed E-state index contributed by atoms with van der Waals surface area (Å²) < 4.78 is 0. The lowest BCUT2D eigenvalue weighted by atomic mass is 10.1. The molecule has 4 nitrogen and oxygen atoms in total. The summed E-state index contributed by atoms with van der Waals surface area (Å²) in [5, 5.41) is 1.68. The van der Waals surface area contributed by atoms with Gasteiger partial charge in [0.25, 0.3) is 0 Å². The van der Waals surface area contributed by atoms with Gasteiger partial charge in [-0.2, -0.15) is 0 Å². The van der Waals surface area contributed by atoms with Gasteiger partial charge in [-0.05, 0) is 43.1 Å². The van der Waals surface area contributed by atoms with Crippen LogP contribution in [0.3, 0.4) is 0 Å². The van der Waals surface area contributed by atoms with E-state index in [9.17, 15) is 0 Å². The van der Waals surface area contributed by atoms with Crippen LogP contribution in [0.15, 0.2) is 24.3 Å². The lowest BCUT2D eigenvalue weighted by Crippen LogP contribution is -2.47. The fraction of sp³-hybridized carbons (Fsp3) is 0.412. The summed E-state index contributed by atoms with van der Waals surface area (Å²) in [6, 6.07) is 7.92. The predicted octanol–water partition coefficient (Wildman–Crippen LogP) is 4.63. The predicted molar refractivity (Wildman–Crippen MR) is 100 cm³/mol. The van der Waals surface area contributed by atoms with Crippen LogP contribution in [-0.2, 0) is 0 Å². The minimum Gasteiger partial charge on any atom is -0.354 e. The summed E-state index contributed by atoms with van der Waals surface area (Å²) in [5.41, 5.74) is 1.99. The van der Waals surface area contributed by atoms with Crippen LogP contribution in [0.4, 0.5) is 5.82 Å². The fourth-order valence-electron chi connectivity index (χ4n) is 3.05. The molecule has 1 aromatic carbocycles. The number of aryl methyl sites for hydroxylation is 1. The molecule has 0 saturated carbocycles. The summed E-state index contributed by atoms with van der Waals surface area (Å²) in [6.07, 6.45) is 0. The monoisotopic (exact) mass is 384 g/mol. The van der Waals surface area contributed by atoms with E-state index in [0.717, 1.165) is 48.3 Å². The van der Waals surface area contributed by atoms with E-state index in [1.807, 2.05) is 25.1 Å². The van der Waals surface area contributed by atoms with E-state index >= 15 is 0 Å². The first-order chi connectivity index (χ1) is 11.4. The maximum Gasteiger partial charge on any atom is 0.224 e. The molecule has 1 unspecified atom stereocenters. The van der Waals surface area contributed by atoms with Gasteiger partial charge in [0.1, 0.15) is 5.82 Å². The second-order valence-corrected chi connectivity index (χ2v) is 7.18. The van der Waals surface area contributed by atoms with Gasteiger partial charge >= 0.3 is 0 Å². The van der Waals surface area contributed by atoms with E-state index in [0.29, 0.717) is 10.3 Å². The van der Waals surface area contributed by atoms with Crippen molar-refractivity contribution in [3.63, 3.8) is 0 Å². The van der Waals surface area contributed by atoms with Crippen molar-refractivity contribution in [1.29, 1.82) is 0 Å². The molecule has 1 aliphatic heterocycles. The summed E-state index contributed by atoms with van der Waals surface area (Å²) in [7, 11) is 0. The highest BCUT2D eigenvalue weighted by Crippen LogP contribution is 2.30. The molecule has 1 aliphatic rings. The van der Waals surface area contributed by atoms with Crippen LogP contribution in [0.25, 0.3) is 0 Å². The summed E-state index contributed by atoms with van der Waals surface area (Å²) in [5.74, 6) is 0.893. The van der Waals surface area contributed by atoms with Crippen LogP contribution >= 0.6 is 34.8 Å². The van der Waals surface area contributed by atoms with Gasteiger partial charge in [0.2, 0.25) is 5.28 Å². The molecule has 1 aromatic heterocycles. The second-order valence-electron chi connectivity index (χ2n) is 6.00. The van der Waals surface area contributed by atoms with Crippen LogP contribution in [-0.4, -0.2) is 41.0 Å². The Kier molecular flexibility index (Phi) is 5.50. The Morgan fingerprint density at radius 1 is 1.00 bits per heavy atom. The largest absolute Gasteiger partial charge is 0.354 e. The molecule has 24 heavy (non-hydrogen) atoms. The third-order valence-electron chi connectivity index (χ3n) is 4.41. The van der Waals surface area contributed by atoms with E-state index in [1.54, 1.807) is 6.07 Å². The molecule has 0 aliphatic carbocycles. The molecule has 128 valence electrons. The van der Waals surface area contributed by atoms with Gasteiger partial charge in [-0.3, -0.25) is 4.90 Å². The smallest absolute Gasteiger partial charge is 0.224 e. The highest BCUT2D eigenvalue weighted by molar-refractivity contribution is 6.35. The van der Waals surface area contributed by atoms with E-state index in [-0.39, 0.29) is 6.04 Å². The highest BCUT2D eigenvalue weighted by atomic mass is 35.5. The first-order valence-corrected chi connectivity index (χ1v) is 9.02. The van der Waals surface area contributed by atoms with Gasteiger partial charge < -0.3 is 4.90 Å². The third kappa shape index (κ3) is 3.94. The van der Waals surface area contributed by atoms with Crippen molar-refractivity contribution in [2.45, 2.75) is 19.9 Å². The average molecular weight is 386 g/mol. The number of anilines is 1. The highest BCUT2D eigenvalue weighted by Gasteiger charge is 2.24. The van der Waals surface area contributed by atoms with Gasteiger partial charge in [0.15, 0.2) is 0 Å². The number of hydrogen-bond donors (Lipinski definition) is 0. The van der Waals surface area contributed by atoms with Gasteiger partial charge in [0, 0.05) is 54.0 Å². The Labute approximate surface area is 157 Å². The molecular formula is C17H19Cl3N4. The van der Waals surface area contributed by atoms with Crippen molar-refractivity contribution in [2.24, 2.45) is 0 Å². The van der Waals surface area contributed by atoms with Crippen LogP contribution in [0.2, 0.25) is 15.3 Å². The van der Waals surface area contributed by atoms with Crippen molar-refractivity contribution in [3.05, 3.63) is 50.9 Å². The van der Waals surface area contributed by atoms with E-state index in [2.05, 4.69) is 26.7 Å². The van der Waals surface area contributed by atoms with Crippen molar-refractivity contribution in [1.82, 2.24) is 14.9 Å². The second kappa shape index (κ2) is 7.44. The molecule has 0 bridgehead atoms. The van der Waals surface area contributed by atoms with Crippen LogP contribution in [0, 0.1) is 6.92 Å². The molecule has 2 aromatic rings. The van der Waals surface area contributed by atoms with E-state index < -0.39 is 0 Å². The molecule has 1 saturated heterocycles. The fourth-order valence-corrected chi connectivity index (χ4v) is 3.84. The number of rotatable bonds is 3. The molecule has 7 heteroatoms. The van der Waals surface area contributed by atoms with Gasteiger partial charge in [-0.1, -0.05) is 29.3 Å². The quantitative estimate of drug-likeness (QED) is 0.721. The number of halogens is 3. The minimum absolute atomic E-state index is 0.243. The lowest BCUT2D eigenvalue weighted by Gasteiger charge is -2.39. The Bertz CT molecular complexity index is 710. The van der Waals surface area contributed by atoms with Crippen molar-refractivity contribution < 1.29 is 0 Å². The Hall–Kier alpha value is -1.07. The molecule has 1 fully saturated rings. The number of piperazine rings is 1. The summed E-state index contributed by atoms with van der Waals surface area (Å²) in [6.45, 7) is 7.75. The van der Waals surface area contributed by atoms with Gasteiger partial charge in [-0.25, -0.2) is 9.97 Å². The maximum atomic E-state index is 6.35. The van der Waals surface area contributed by atoms with Gasteiger partial charge in [-0.15, -0.1) is 0 Å². The van der Waals surface area contributed by atoms with Crippen molar-refractivity contribution in [2.75, 3.05) is 31.1 Å². The molecule has 1 atom stereocenters. The number of aromatic nitrogens is 2. The van der Waals surface area contributed by atoms with Crippen molar-refractivity contribution in [3.8, 4) is 0 Å². The lowest BCUT2D eigenvalue weighted by molar-refractivity contribution is 0.198. The minimum atomic E-state index is 0.243. The molecule has 0 N–H and O–H groups in total. The maximum absolute atomic E-state index is 6.35. The molecule has 0 radical (unpaired) electrons. The zero-order chi connectivity index (χ0) is 17.3. The number of benzene rings is 1. The van der Waals surface area contributed by atoms with E-state index in [4.69, 9.17) is 34.8 Å². The Morgan fingerprint density at radius 2 is 1.71 bits per heavy atom. The van der Waals surface area contributed by atoms with E-state index in [1.165, 1.54) is 0 Å². The zero-order valence-electron chi connectivity index (χ0n) is 13.6. The Morgan fingerprint density at radius 3 is 2.33 bits per heavy atom. The average Bonchev–Trinajstić information content (AvgIpc) is 2.53. The SMILES string of the molecule is Cc1cc(N2CCN(C(C)c3ccc(Cl)cc3Cl)CC2)nc(Cl)n1. The normalized spacial score (nSPS) is 17.1. The third-order valence-corrected chi connectivity index (χ3v) is 5.14. The zero-order valence-corrected chi connectivity index (χ0v) is 15.9. The first-order valence-electron chi connectivity index (χ1n) is 7.89. The number of nitrogens with zero attached hydrogens (tertiary/aromatic N) is 4. The summed E-state index contributed by atoms with van der Waals surface area (Å²) in [4.78, 5) is 13.1. The van der Waals surface area contributed by atoms with Crippen molar-refractivity contribution >= 4 is 40.6 Å². The van der Waals surface area contributed by atoms with Crippen LogP contribution in [0.1, 0.15) is 24.2 Å². The summed E-state index contributed by atoms with van der Waals surface area (Å²) >= 11 is 18.3. The molecular weight excluding hydrogens is 367 g/mol. The first kappa shape index (κ1) is 17.7. The topological polar surface area (TPSA) is 32.3 Å². The molecule has 2 heterocycles. The molecule has 3 rings (SSSR count). The molecule has 0 amide bonds. The van der Waals surface area contributed by atoms with Crippen LogP contribution in [0.5, 0.6) is 0 Å². The Balaban J connectivity index is 1.68. The standard InChI is InChI=1S/C17H19Cl3N4/c1-11-9-16(22-17(20)21-11)24-7-5-23(6-8-24)12(2)14-4-3-13(18)10-15(14)19/h3-4,9-10,12H,5-8H2,1-2H3. The molecule has 0 spiro atoms. The van der Waals surface area contributed by atoms with Crippen LogP contribution < -0.4 is 4.90 Å². The van der Waals surface area contributed by atoms with Gasteiger partial charge in [0.05, 0.1) is 0 Å².